The molecule has 3 rings (SSSR count). The van der Waals surface area contributed by atoms with E-state index >= 15 is 0 Å². The van der Waals surface area contributed by atoms with Crippen LogP contribution in [0.3, 0.4) is 0 Å². The molecular formula is C34H30O4. The van der Waals surface area contributed by atoms with E-state index < -0.39 is 11.9 Å². The fourth-order valence-electron chi connectivity index (χ4n) is 3.56. The van der Waals surface area contributed by atoms with Gasteiger partial charge in [0.05, 0.1) is 22.0 Å². The van der Waals surface area contributed by atoms with Crippen LogP contribution in [0.25, 0.3) is 0 Å². The Morgan fingerprint density at radius 1 is 0.605 bits per heavy atom. The minimum atomic E-state index is -0.527. The van der Waals surface area contributed by atoms with Gasteiger partial charge in [-0.25, -0.2) is 9.59 Å². The number of hydrogen-bond donors (Lipinski definition) is 0. The number of benzene rings is 3. The van der Waals surface area contributed by atoms with E-state index in [1.165, 1.54) is 24.3 Å². The summed E-state index contributed by atoms with van der Waals surface area (Å²) in [7, 11) is 0. The average Bonchev–Trinajstić information content (AvgIpc) is 2.91. The highest BCUT2D eigenvalue weighted by Gasteiger charge is 2.19. The van der Waals surface area contributed by atoms with Crippen molar-refractivity contribution in [1.29, 1.82) is 0 Å². The number of ether oxygens (including phenoxy) is 2. The zero-order valence-electron chi connectivity index (χ0n) is 22.1. The molecule has 0 amide bonds. The first kappa shape index (κ1) is 27.8. The molecule has 0 spiro atoms. The number of carbonyl (C=O) groups is 2. The molecule has 3 aromatic carbocycles. The second-order valence-corrected chi connectivity index (χ2v) is 9.60. The molecule has 0 fully saturated rings. The van der Waals surface area contributed by atoms with Gasteiger partial charge in [0.25, 0.3) is 0 Å². The molecule has 0 aromatic heterocycles. The summed E-state index contributed by atoms with van der Waals surface area (Å²) in [6.45, 7) is 15.3. The van der Waals surface area contributed by atoms with Crippen molar-refractivity contribution in [2.75, 3.05) is 0 Å². The standard InChI is InChI=1S/C34H30O4/c1-7-9-23-33(3,4)27-15-19-29(20-16-27)37-31(35)25-11-13-26(14-12-25)32(36)38-30-21-17-28(18-22-30)34(5,6)24-10-8-2/h7-8,11-22H,1-2H2,3-6H3. The second kappa shape index (κ2) is 12.0. The molecule has 0 unspecified atom stereocenters. The molecule has 0 radical (unpaired) electrons. The first-order valence-corrected chi connectivity index (χ1v) is 12.1. The molecule has 38 heavy (non-hydrogen) atoms. The Balaban J connectivity index is 1.62. The van der Waals surface area contributed by atoms with Gasteiger partial charge in [-0.05, 0) is 99.5 Å². The van der Waals surface area contributed by atoms with E-state index in [0.29, 0.717) is 22.6 Å². The summed E-state index contributed by atoms with van der Waals surface area (Å²) in [5.74, 6) is 11.8. The van der Waals surface area contributed by atoms with Gasteiger partial charge in [-0.3, -0.25) is 0 Å². The Bertz CT molecular complexity index is 1330. The van der Waals surface area contributed by atoms with Crippen LogP contribution in [0.15, 0.2) is 98.1 Å². The minimum Gasteiger partial charge on any atom is -0.423 e. The van der Waals surface area contributed by atoms with Crippen molar-refractivity contribution < 1.29 is 19.1 Å². The lowest BCUT2D eigenvalue weighted by atomic mass is 9.85. The molecule has 0 bridgehead atoms. The molecule has 0 aliphatic heterocycles. The Hall–Kier alpha value is -4.80. The summed E-state index contributed by atoms with van der Waals surface area (Å²) in [5.41, 5.74) is 1.90. The summed E-state index contributed by atoms with van der Waals surface area (Å²) in [5, 5.41) is 0. The van der Waals surface area contributed by atoms with Crippen molar-refractivity contribution in [3.05, 3.63) is 120 Å². The van der Waals surface area contributed by atoms with E-state index in [9.17, 15) is 9.59 Å². The normalized spacial score (nSPS) is 10.6. The van der Waals surface area contributed by atoms with Crippen molar-refractivity contribution >= 4 is 11.9 Å². The van der Waals surface area contributed by atoms with Crippen LogP contribution in [-0.2, 0) is 10.8 Å². The lowest BCUT2D eigenvalue weighted by Gasteiger charge is -2.18. The highest BCUT2D eigenvalue weighted by Crippen LogP contribution is 2.26. The maximum absolute atomic E-state index is 12.6. The highest BCUT2D eigenvalue weighted by molar-refractivity contribution is 5.94. The second-order valence-electron chi connectivity index (χ2n) is 9.60. The van der Waals surface area contributed by atoms with Crippen LogP contribution in [0, 0.1) is 23.7 Å². The Labute approximate surface area is 225 Å². The first-order valence-electron chi connectivity index (χ1n) is 12.1. The Morgan fingerprint density at radius 3 is 1.21 bits per heavy atom. The van der Waals surface area contributed by atoms with Crippen molar-refractivity contribution in [3.8, 4) is 35.2 Å². The van der Waals surface area contributed by atoms with Crippen molar-refractivity contribution in [1.82, 2.24) is 0 Å². The monoisotopic (exact) mass is 502 g/mol. The lowest BCUT2D eigenvalue weighted by molar-refractivity contribution is 0.0720. The van der Waals surface area contributed by atoms with Gasteiger partial charge in [-0.1, -0.05) is 61.1 Å². The number of carbonyl (C=O) groups excluding carboxylic acids is 2. The number of esters is 2. The lowest BCUT2D eigenvalue weighted by Crippen LogP contribution is -2.15. The van der Waals surface area contributed by atoms with Gasteiger partial charge in [0.2, 0.25) is 0 Å². The summed E-state index contributed by atoms with van der Waals surface area (Å²) < 4.78 is 11.0. The average molecular weight is 503 g/mol. The molecule has 0 N–H and O–H groups in total. The fourth-order valence-corrected chi connectivity index (χ4v) is 3.56. The predicted octanol–water partition coefficient (Wildman–Crippen LogP) is 7.06. The van der Waals surface area contributed by atoms with Crippen LogP contribution >= 0.6 is 0 Å². The Kier molecular flexibility index (Phi) is 8.74. The van der Waals surface area contributed by atoms with Crippen LogP contribution in [0.4, 0.5) is 0 Å². The molecule has 0 heterocycles. The van der Waals surface area contributed by atoms with Gasteiger partial charge in [0.1, 0.15) is 11.5 Å². The van der Waals surface area contributed by atoms with E-state index in [2.05, 4.69) is 36.8 Å². The third-order valence-corrected chi connectivity index (χ3v) is 5.90. The topological polar surface area (TPSA) is 52.6 Å². The van der Waals surface area contributed by atoms with Crippen molar-refractivity contribution in [2.45, 2.75) is 38.5 Å². The molecule has 0 atom stereocenters. The first-order chi connectivity index (χ1) is 18.1. The third kappa shape index (κ3) is 7.12. The SMILES string of the molecule is C=CC#CC(C)(C)c1ccc(OC(=O)c2ccc(C(=O)Oc3ccc(C(C)(C)C#CC=C)cc3)cc2)cc1. The molecule has 0 saturated heterocycles. The molecule has 0 aliphatic rings. The predicted molar refractivity (Wildman–Crippen MR) is 151 cm³/mol. The molecule has 0 saturated carbocycles. The molecule has 0 aliphatic carbocycles. The molecule has 4 heteroatoms. The van der Waals surface area contributed by atoms with E-state index in [1.807, 2.05) is 52.0 Å². The van der Waals surface area contributed by atoms with Crippen LogP contribution < -0.4 is 9.47 Å². The van der Waals surface area contributed by atoms with E-state index in [-0.39, 0.29) is 10.8 Å². The number of rotatable bonds is 6. The quantitative estimate of drug-likeness (QED) is 0.206. The summed E-state index contributed by atoms with van der Waals surface area (Å²) >= 11 is 0. The Morgan fingerprint density at radius 2 is 0.921 bits per heavy atom. The maximum atomic E-state index is 12.6. The highest BCUT2D eigenvalue weighted by atomic mass is 16.5. The van der Waals surface area contributed by atoms with Gasteiger partial charge in [0, 0.05) is 0 Å². The largest absolute Gasteiger partial charge is 0.423 e. The van der Waals surface area contributed by atoms with Crippen LogP contribution in [0.5, 0.6) is 11.5 Å². The third-order valence-electron chi connectivity index (χ3n) is 5.90. The fraction of sp³-hybridized carbons (Fsp3) is 0.176. The van der Waals surface area contributed by atoms with Crippen LogP contribution in [0.2, 0.25) is 0 Å². The number of allylic oxidation sites excluding steroid dienone is 2. The van der Waals surface area contributed by atoms with E-state index in [4.69, 9.17) is 9.47 Å². The zero-order valence-corrected chi connectivity index (χ0v) is 22.1. The van der Waals surface area contributed by atoms with Gasteiger partial charge in [0.15, 0.2) is 0 Å². The molecule has 4 nitrogen and oxygen atoms in total. The van der Waals surface area contributed by atoms with Gasteiger partial charge in [-0.15, -0.1) is 0 Å². The van der Waals surface area contributed by atoms with E-state index in [0.717, 1.165) is 11.1 Å². The van der Waals surface area contributed by atoms with Crippen molar-refractivity contribution in [3.63, 3.8) is 0 Å². The summed E-state index contributed by atoms with van der Waals surface area (Å²) in [4.78, 5) is 25.2. The smallest absolute Gasteiger partial charge is 0.343 e. The van der Waals surface area contributed by atoms with E-state index in [1.54, 1.807) is 36.4 Å². The summed E-state index contributed by atoms with van der Waals surface area (Å²) in [6.07, 6.45) is 3.12. The maximum Gasteiger partial charge on any atom is 0.343 e. The number of hydrogen-bond acceptors (Lipinski definition) is 4. The zero-order chi connectivity index (χ0) is 27.8. The molecule has 3 aromatic rings. The minimum absolute atomic E-state index is 0.315. The van der Waals surface area contributed by atoms with Crippen LogP contribution in [0.1, 0.15) is 59.5 Å². The van der Waals surface area contributed by atoms with Crippen LogP contribution in [-0.4, -0.2) is 11.9 Å². The molecule has 190 valence electrons. The van der Waals surface area contributed by atoms with Gasteiger partial charge in [-0.2, -0.15) is 0 Å². The van der Waals surface area contributed by atoms with Gasteiger partial charge < -0.3 is 9.47 Å². The molecular weight excluding hydrogens is 472 g/mol. The van der Waals surface area contributed by atoms with Crippen molar-refractivity contribution in [2.24, 2.45) is 0 Å². The summed E-state index contributed by atoms with van der Waals surface area (Å²) in [6, 6.07) is 20.6. The van der Waals surface area contributed by atoms with Gasteiger partial charge >= 0.3 is 11.9 Å².